The first-order valence-electron chi connectivity index (χ1n) is 21.6. The third-order valence-electron chi connectivity index (χ3n) is 13.5. The van der Waals surface area contributed by atoms with E-state index in [0.717, 1.165) is 37.7 Å². The summed E-state index contributed by atoms with van der Waals surface area (Å²) in [6, 6.07) is 56.7. The van der Waals surface area contributed by atoms with Gasteiger partial charge in [-0.2, -0.15) is 0 Å². The Hall–Kier alpha value is -4.38. The Morgan fingerprint density at radius 2 is 0.639 bits per heavy atom. The molecule has 0 aliphatic carbocycles. The second-order valence-electron chi connectivity index (χ2n) is 19.0. The zero-order chi connectivity index (χ0) is 42.9. The van der Waals surface area contributed by atoms with Gasteiger partial charge in [0.1, 0.15) is 11.5 Å². The van der Waals surface area contributed by atoms with Crippen molar-refractivity contribution < 1.29 is 9.05 Å². The number of benzene rings is 6. The van der Waals surface area contributed by atoms with E-state index in [-0.39, 0.29) is 27.1 Å². The minimum Gasteiger partial charge on any atom is -0.444 e. The Balaban J connectivity index is 0.971. The van der Waals surface area contributed by atoms with Crippen molar-refractivity contribution in [3.63, 3.8) is 0 Å². The van der Waals surface area contributed by atoms with E-state index in [4.69, 9.17) is 9.05 Å². The second-order valence-corrected chi connectivity index (χ2v) is 21.8. The summed E-state index contributed by atoms with van der Waals surface area (Å²) >= 11 is 0. The lowest BCUT2D eigenvalue weighted by molar-refractivity contribution is 0.257. The van der Waals surface area contributed by atoms with Crippen LogP contribution in [0.15, 0.2) is 158 Å². The smallest absolute Gasteiger partial charge is 0.242 e. The molecule has 316 valence electrons. The normalized spacial score (nSPS) is 20.0. The summed E-state index contributed by atoms with van der Waals surface area (Å²) in [7, 11) is -2.23. The van der Waals surface area contributed by atoms with E-state index in [1.807, 2.05) is 0 Å². The summed E-state index contributed by atoms with van der Waals surface area (Å²) in [6.07, 6.45) is 0. The van der Waals surface area contributed by atoms with Crippen LogP contribution in [0.4, 0.5) is 0 Å². The molecular formula is C53H62N4O2P2. The third kappa shape index (κ3) is 8.96. The molecule has 6 aromatic rings. The van der Waals surface area contributed by atoms with Crippen molar-refractivity contribution in [1.29, 1.82) is 0 Å². The summed E-state index contributed by atoms with van der Waals surface area (Å²) < 4.78 is 13.9. The molecule has 6 aromatic carbocycles. The number of hydrogen-bond donors (Lipinski definition) is 4. The van der Waals surface area contributed by atoms with Crippen molar-refractivity contribution >= 4 is 16.9 Å². The topological polar surface area (TPSA) is 66.6 Å². The molecule has 0 radical (unpaired) electrons. The molecule has 2 fully saturated rings. The molecule has 0 bridgehead atoms. The molecule has 2 heterocycles. The van der Waals surface area contributed by atoms with Gasteiger partial charge in [0.2, 0.25) is 16.9 Å². The number of rotatable bonds is 12. The van der Waals surface area contributed by atoms with Gasteiger partial charge >= 0.3 is 0 Å². The molecule has 2 aliphatic heterocycles. The van der Waals surface area contributed by atoms with Gasteiger partial charge < -0.3 is 9.05 Å². The highest BCUT2D eigenvalue weighted by atomic mass is 31.2. The molecule has 61 heavy (non-hydrogen) atoms. The highest BCUT2D eigenvalue weighted by Gasteiger charge is 2.42. The summed E-state index contributed by atoms with van der Waals surface area (Å²) in [5.74, 6) is 1.82. The Morgan fingerprint density at radius 3 is 0.934 bits per heavy atom. The first-order chi connectivity index (χ1) is 29.2. The fourth-order valence-corrected chi connectivity index (χ4v) is 11.9. The van der Waals surface area contributed by atoms with Crippen LogP contribution in [-0.2, 0) is 21.7 Å². The van der Waals surface area contributed by atoms with E-state index >= 15 is 0 Å². The molecule has 1 spiro atoms. The van der Waals surface area contributed by atoms with Gasteiger partial charge in [0, 0.05) is 64.4 Å². The quantitative estimate of drug-likeness (QED) is 0.0920. The Labute approximate surface area is 367 Å². The summed E-state index contributed by atoms with van der Waals surface area (Å²) in [6.45, 7) is 21.7. The average molecular weight is 849 g/mol. The van der Waals surface area contributed by atoms with Crippen LogP contribution in [0, 0.1) is 5.41 Å². The van der Waals surface area contributed by atoms with Crippen LogP contribution < -0.4 is 29.4 Å². The van der Waals surface area contributed by atoms with Crippen LogP contribution >= 0.6 is 16.9 Å². The maximum Gasteiger partial charge on any atom is 0.242 e. The minimum atomic E-state index is -1.11. The van der Waals surface area contributed by atoms with Crippen molar-refractivity contribution in [3.05, 3.63) is 202 Å². The maximum atomic E-state index is 6.93. The minimum absolute atomic E-state index is 0.0319. The number of hydrogen-bond acceptors (Lipinski definition) is 6. The highest BCUT2D eigenvalue weighted by Crippen LogP contribution is 2.48. The van der Waals surface area contributed by atoms with Gasteiger partial charge in [-0.25, -0.2) is 20.3 Å². The average Bonchev–Trinajstić information content (AvgIpc) is 3.29. The molecule has 2 aliphatic rings. The highest BCUT2D eigenvalue weighted by molar-refractivity contribution is 7.49. The van der Waals surface area contributed by atoms with Gasteiger partial charge in [-0.3, -0.25) is 0 Å². The van der Waals surface area contributed by atoms with Crippen molar-refractivity contribution in [1.82, 2.24) is 20.3 Å². The molecule has 0 amide bonds. The van der Waals surface area contributed by atoms with Gasteiger partial charge in [-0.15, -0.1) is 0 Å². The van der Waals surface area contributed by atoms with Crippen molar-refractivity contribution in [2.24, 2.45) is 5.41 Å². The lowest BCUT2D eigenvalue weighted by atomic mass is 9.73. The summed E-state index contributed by atoms with van der Waals surface area (Å²) in [5.41, 5.74) is 9.04. The van der Waals surface area contributed by atoms with Crippen LogP contribution in [0.25, 0.3) is 0 Å². The van der Waals surface area contributed by atoms with Gasteiger partial charge in [-0.05, 0) is 45.5 Å². The van der Waals surface area contributed by atoms with Crippen molar-refractivity contribution in [2.45, 2.75) is 77.0 Å². The van der Waals surface area contributed by atoms with E-state index in [1.165, 1.54) is 44.5 Å². The first kappa shape index (κ1) is 43.3. The van der Waals surface area contributed by atoms with Gasteiger partial charge in [0.05, 0.1) is 0 Å². The molecule has 0 unspecified atom stereocenters. The molecule has 8 heteroatoms. The fourth-order valence-electron chi connectivity index (χ4n) is 8.81. The predicted molar refractivity (Wildman–Crippen MR) is 257 cm³/mol. The zero-order valence-corrected chi connectivity index (χ0v) is 38.8. The molecule has 2 saturated heterocycles. The monoisotopic (exact) mass is 848 g/mol. The molecule has 0 aromatic heterocycles. The van der Waals surface area contributed by atoms with E-state index in [9.17, 15) is 0 Å². The van der Waals surface area contributed by atoms with Crippen LogP contribution in [0.5, 0.6) is 11.5 Å². The van der Waals surface area contributed by atoms with Gasteiger partial charge in [0.15, 0.2) is 0 Å². The van der Waals surface area contributed by atoms with Gasteiger partial charge in [0.25, 0.3) is 0 Å². The fraction of sp³-hybridized carbons (Fsp3) is 0.321. The number of nitrogens with one attached hydrogen (secondary N) is 4. The summed E-state index contributed by atoms with van der Waals surface area (Å²) in [5, 5.41) is 15.1. The first-order valence-corrected chi connectivity index (χ1v) is 24.1. The Bertz CT molecular complexity index is 2220. The van der Waals surface area contributed by atoms with Crippen LogP contribution in [0.2, 0.25) is 0 Å². The van der Waals surface area contributed by atoms with E-state index in [0.29, 0.717) is 0 Å². The lowest BCUT2D eigenvalue weighted by Gasteiger charge is -2.45. The second kappa shape index (κ2) is 17.4. The van der Waals surface area contributed by atoms with E-state index in [1.54, 1.807) is 0 Å². The van der Waals surface area contributed by atoms with Crippen molar-refractivity contribution in [2.75, 3.05) is 26.2 Å². The molecule has 0 atom stereocenters. The Morgan fingerprint density at radius 1 is 0.361 bits per heavy atom. The third-order valence-corrected chi connectivity index (χ3v) is 16.0. The standard InChI is InChI=1S/C53H62N4O2P2/c1-49(2,39-21-13-9-14-22-39)43-29-31-47(45(33-43)51(5,6)41-25-17-11-18-26-41)58-60-54-35-53(36-55-60)37-56-61(57-38-53)59-48-32-30-44(50(3,4)40-23-15-10-16-24-40)34-46(48)52(7,8)42-27-19-12-20-28-42/h9-34,54-57H,35-38H2,1-8H3. The largest absolute Gasteiger partial charge is 0.444 e. The lowest BCUT2D eigenvalue weighted by Crippen LogP contribution is -2.59. The van der Waals surface area contributed by atoms with E-state index in [2.05, 4.69) is 233 Å². The zero-order valence-electron chi connectivity index (χ0n) is 37.1. The van der Waals surface area contributed by atoms with Crippen LogP contribution in [0.3, 0.4) is 0 Å². The van der Waals surface area contributed by atoms with Gasteiger partial charge in [-0.1, -0.05) is 201 Å². The SMILES string of the molecule is CC(C)(c1ccccc1)c1ccc(OP2NCC3(CN2)CNP(Oc2ccc(C(C)(C)c4ccccc4)cc2C(C)(C)c2ccccc2)NC3)c(C(C)(C)c2ccccc2)c1. The molecule has 0 saturated carbocycles. The Kier molecular flexibility index (Phi) is 12.4. The molecule has 4 N–H and O–H groups in total. The predicted octanol–water partition coefficient (Wildman–Crippen LogP) is 12.3. The van der Waals surface area contributed by atoms with Crippen LogP contribution in [0.1, 0.15) is 99.9 Å². The molecular weight excluding hydrogens is 787 g/mol. The van der Waals surface area contributed by atoms with Crippen molar-refractivity contribution in [3.8, 4) is 11.5 Å². The molecule has 8 rings (SSSR count). The maximum absolute atomic E-state index is 6.93. The summed E-state index contributed by atoms with van der Waals surface area (Å²) in [4.78, 5) is 0. The van der Waals surface area contributed by atoms with Crippen LogP contribution in [-0.4, -0.2) is 26.2 Å². The molecule has 6 nitrogen and oxygen atoms in total. The van der Waals surface area contributed by atoms with E-state index < -0.39 is 16.9 Å².